The Bertz CT molecular complexity index is 542. The summed E-state index contributed by atoms with van der Waals surface area (Å²) in [5, 5.41) is 11.9. The number of nitrogens with zero attached hydrogens (tertiary/aromatic N) is 2. The molecule has 0 aliphatic rings. The van der Waals surface area contributed by atoms with Crippen LogP contribution in [-0.4, -0.2) is 27.9 Å². The van der Waals surface area contributed by atoms with Gasteiger partial charge in [-0.25, -0.2) is 4.39 Å². The lowest BCUT2D eigenvalue weighted by molar-refractivity contribution is 0.102. The fourth-order valence-electron chi connectivity index (χ4n) is 1.36. The maximum atomic E-state index is 13.5. The molecule has 18 heavy (non-hydrogen) atoms. The molecule has 94 valence electrons. The van der Waals surface area contributed by atoms with Crippen molar-refractivity contribution < 1.29 is 13.9 Å². The van der Waals surface area contributed by atoms with E-state index >= 15 is 0 Å². The largest absolute Gasteiger partial charge is 0.491 e. The van der Waals surface area contributed by atoms with Gasteiger partial charge in [-0.3, -0.25) is 4.79 Å². The summed E-state index contributed by atoms with van der Waals surface area (Å²) in [5.74, 6) is -0.848. The van der Waals surface area contributed by atoms with E-state index in [-0.39, 0.29) is 11.4 Å². The summed E-state index contributed by atoms with van der Waals surface area (Å²) in [6.45, 7) is 2.14. The van der Waals surface area contributed by atoms with Gasteiger partial charge in [0, 0.05) is 11.8 Å². The van der Waals surface area contributed by atoms with Gasteiger partial charge >= 0.3 is 0 Å². The Morgan fingerprint density at radius 3 is 3.00 bits per heavy atom. The molecule has 0 radical (unpaired) electrons. The lowest BCUT2D eigenvalue weighted by atomic mass is 10.2. The topological polar surface area (TPSA) is 79.9 Å². The van der Waals surface area contributed by atoms with Crippen molar-refractivity contribution in [2.24, 2.45) is 0 Å². The van der Waals surface area contributed by atoms with Gasteiger partial charge in [0.15, 0.2) is 17.3 Å². The molecule has 0 aliphatic carbocycles. The van der Waals surface area contributed by atoms with Crippen LogP contribution >= 0.6 is 0 Å². The monoisotopic (exact) mass is 250 g/mol. The van der Waals surface area contributed by atoms with E-state index in [1.807, 2.05) is 0 Å². The number of carbonyl (C=O) groups excluding carboxylic acids is 1. The first-order valence-electron chi connectivity index (χ1n) is 5.30. The van der Waals surface area contributed by atoms with E-state index in [1.165, 1.54) is 18.3 Å². The van der Waals surface area contributed by atoms with Crippen LogP contribution in [0.5, 0.6) is 5.75 Å². The van der Waals surface area contributed by atoms with Gasteiger partial charge in [-0.1, -0.05) is 0 Å². The van der Waals surface area contributed by atoms with Crippen molar-refractivity contribution in [2.45, 2.75) is 6.92 Å². The zero-order valence-electron chi connectivity index (χ0n) is 9.61. The summed E-state index contributed by atoms with van der Waals surface area (Å²) in [4.78, 5) is 11.6. The Kier molecular flexibility index (Phi) is 3.52. The third-order valence-corrected chi connectivity index (χ3v) is 2.14. The molecule has 0 aliphatic heterocycles. The highest BCUT2D eigenvalue weighted by Gasteiger charge is 2.10. The number of aromatic nitrogens is 3. The standard InChI is InChI=1S/C11H11FN4O2/c1-2-18-10-4-3-7(5-8(10)12)14-11(17)9-6-13-16-15-9/h3-6H,2H2,1H3,(H,14,17)(H,13,15,16). The second-order valence-electron chi connectivity index (χ2n) is 3.39. The van der Waals surface area contributed by atoms with Crippen LogP contribution in [0.2, 0.25) is 0 Å². The van der Waals surface area contributed by atoms with Crippen molar-refractivity contribution in [3.05, 3.63) is 35.9 Å². The Morgan fingerprint density at radius 1 is 1.56 bits per heavy atom. The minimum absolute atomic E-state index is 0.129. The van der Waals surface area contributed by atoms with Gasteiger partial charge in [0.25, 0.3) is 5.91 Å². The molecule has 0 fully saturated rings. The molecular weight excluding hydrogens is 239 g/mol. The first-order chi connectivity index (χ1) is 8.70. The third kappa shape index (κ3) is 2.62. The number of ether oxygens (including phenoxy) is 1. The van der Waals surface area contributed by atoms with Crippen LogP contribution in [0.1, 0.15) is 17.4 Å². The molecule has 1 amide bonds. The second kappa shape index (κ2) is 5.26. The summed E-state index contributed by atoms with van der Waals surface area (Å²) < 4.78 is 18.6. The molecule has 2 N–H and O–H groups in total. The van der Waals surface area contributed by atoms with Gasteiger partial charge in [-0.2, -0.15) is 15.4 Å². The molecular formula is C11H11FN4O2. The molecule has 0 unspecified atom stereocenters. The van der Waals surface area contributed by atoms with E-state index in [4.69, 9.17) is 4.74 Å². The number of H-pyrrole nitrogens is 1. The summed E-state index contributed by atoms with van der Waals surface area (Å²) >= 11 is 0. The van der Waals surface area contributed by atoms with Gasteiger partial charge in [0.05, 0.1) is 12.8 Å². The molecule has 0 atom stereocenters. The molecule has 0 saturated carbocycles. The highest BCUT2D eigenvalue weighted by atomic mass is 19.1. The fourth-order valence-corrected chi connectivity index (χ4v) is 1.36. The lowest BCUT2D eigenvalue weighted by Gasteiger charge is -2.07. The van der Waals surface area contributed by atoms with Crippen LogP contribution in [0, 0.1) is 5.82 Å². The summed E-state index contributed by atoms with van der Waals surface area (Å²) in [6, 6.07) is 4.19. The van der Waals surface area contributed by atoms with Gasteiger partial charge < -0.3 is 10.1 Å². The van der Waals surface area contributed by atoms with E-state index in [9.17, 15) is 9.18 Å². The van der Waals surface area contributed by atoms with Gasteiger partial charge in [-0.15, -0.1) is 0 Å². The third-order valence-electron chi connectivity index (χ3n) is 2.14. The molecule has 0 bridgehead atoms. The predicted octanol–water partition coefficient (Wildman–Crippen LogP) is 1.59. The van der Waals surface area contributed by atoms with E-state index < -0.39 is 11.7 Å². The Morgan fingerprint density at radius 2 is 2.39 bits per heavy atom. The van der Waals surface area contributed by atoms with Crippen LogP contribution in [0.3, 0.4) is 0 Å². The zero-order valence-corrected chi connectivity index (χ0v) is 9.61. The minimum Gasteiger partial charge on any atom is -0.491 e. The first-order valence-corrected chi connectivity index (χ1v) is 5.30. The van der Waals surface area contributed by atoms with Crippen molar-refractivity contribution in [2.75, 3.05) is 11.9 Å². The normalized spacial score (nSPS) is 10.1. The second-order valence-corrected chi connectivity index (χ2v) is 3.39. The van der Waals surface area contributed by atoms with Crippen molar-refractivity contribution in [1.82, 2.24) is 15.4 Å². The zero-order chi connectivity index (χ0) is 13.0. The number of rotatable bonds is 4. The first kappa shape index (κ1) is 12.0. The van der Waals surface area contributed by atoms with Crippen LogP contribution in [-0.2, 0) is 0 Å². The molecule has 0 saturated heterocycles. The minimum atomic E-state index is -0.533. The molecule has 1 heterocycles. The van der Waals surface area contributed by atoms with Crippen molar-refractivity contribution in [1.29, 1.82) is 0 Å². The van der Waals surface area contributed by atoms with E-state index in [0.29, 0.717) is 12.3 Å². The van der Waals surface area contributed by atoms with Crippen LogP contribution in [0.4, 0.5) is 10.1 Å². The molecule has 6 nitrogen and oxygen atoms in total. The summed E-state index contributed by atoms with van der Waals surface area (Å²) in [7, 11) is 0. The number of aromatic amines is 1. The molecule has 2 aromatic rings. The maximum absolute atomic E-state index is 13.5. The smallest absolute Gasteiger partial charge is 0.277 e. The van der Waals surface area contributed by atoms with Crippen LogP contribution in [0.15, 0.2) is 24.4 Å². The number of benzene rings is 1. The van der Waals surface area contributed by atoms with Gasteiger partial charge in [0.1, 0.15) is 0 Å². The highest BCUT2D eigenvalue weighted by Crippen LogP contribution is 2.21. The molecule has 1 aromatic carbocycles. The van der Waals surface area contributed by atoms with E-state index in [2.05, 4.69) is 20.7 Å². The number of hydrogen-bond donors (Lipinski definition) is 2. The number of carbonyl (C=O) groups is 1. The van der Waals surface area contributed by atoms with Crippen LogP contribution < -0.4 is 10.1 Å². The lowest BCUT2D eigenvalue weighted by Crippen LogP contribution is -2.12. The van der Waals surface area contributed by atoms with E-state index in [0.717, 1.165) is 0 Å². The molecule has 1 aromatic heterocycles. The number of hydrogen-bond acceptors (Lipinski definition) is 4. The Balaban J connectivity index is 2.11. The van der Waals surface area contributed by atoms with Gasteiger partial charge in [-0.05, 0) is 19.1 Å². The van der Waals surface area contributed by atoms with Gasteiger partial charge in [0.2, 0.25) is 0 Å². The average Bonchev–Trinajstić information content (AvgIpc) is 2.86. The van der Waals surface area contributed by atoms with Crippen molar-refractivity contribution >= 4 is 11.6 Å². The number of anilines is 1. The number of halogens is 1. The quantitative estimate of drug-likeness (QED) is 0.863. The predicted molar refractivity (Wildman–Crippen MR) is 61.9 cm³/mol. The van der Waals surface area contributed by atoms with Crippen molar-refractivity contribution in [3.63, 3.8) is 0 Å². The summed E-state index contributed by atoms with van der Waals surface area (Å²) in [5.41, 5.74) is 0.452. The number of nitrogens with one attached hydrogen (secondary N) is 2. The van der Waals surface area contributed by atoms with E-state index in [1.54, 1.807) is 13.0 Å². The van der Waals surface area contributed by atoms with Crippen molar-refractivity contribution in [3.8, 4) is 5.75 Å². The molecule has 7 heteroatoms. The molecule has 0 spiro atoms. The fraction of sp³-hybridized carbons (Fsp3) is 0.182. The summed E-state index contributed by atoms with van der Waals surface area (Å²) in [6.07, 6.45) is 1.28. The number of amides is 1. The average molecular weight is 250 g/mol. The molecule has 2 rings (SSSR count). The maximum Gasteiger partial charge on any atom is 0.277 e. The Labute approximate surface area is 102 Å². The highest BCUT2D eigenvalue weighted by molar-refractivity contribution is 6.02. The Hall–Kier alpha value is -2.44. The van der Waals surface area contributed by atoms with Crippen LogP contribution in [0.25, 0.3) is 0 Å². The SMILES string of the molecule is CCOc1ccc(NC(=O)c2cn[nH]n2)cc1F.